The first-order valence-electron chi connectivity index (χ1n) is 7.26. The van der Waals surface area contributed by atoms with Gasteiger partial charge in [0, 0.05) is 10.6 Å². The highest BCUT2D eigenvalue weighted by atomic mass is 35.5. The van der Waals surface area contributed by atoms with Crippen molar-refractivity contribution in [1.29, 1.82) is 0 Å². The second-order valence-corrected chi connectivity index (χ2v) is 6.02. The minimum atomic E-state index is -0.787. The Bertz CT molecular complexity index is 749. The van der Waals surface area contributed by atoms with Crippen molar-refractivity contribution in [3.63, 3.8) is 0 Å². The zero-order valence-corrected chi connectivity index (χ0v) is 14.5. The van der Waals surface area contributed by atoms with Crippen LogP contribution in [0, 0.1) is 5.82 Å². The zero-order chi connectivity index (χ0) is 18.4. The van der Waals surface area contributed by atoms with Crippen molar-refractivity contribution in [2.24, 2.45) is 5.73 Å². The van der Waals surface area contributed by atoms with Gasteiger partial charge in [0.2, 0.25) is 0 Å². The number of primary amides is 1. The number of carbonyl (C=O) groups is 2. The van der Waals surface area contributed by atoms with E-state index in [0.29, 0.717) is 10.6 Å². The summed E-state index contributed by atoms with van der Waals surface area (Å²) in [6.07, 6.45) is -0.184. The average molecular weight is 385 g/mol. The topological polar surface area (TPSA) is 81.4 Å². The van der Waals surface area contributed by atoms with Gasteiger partial charge in [-0.25, -0.2) is 9.18 Å². The van der Waals surface area contributed by atoms with Crippen LogP contribution >= 0.6 is 23.2 Å². The summed E-state index contributed by atoms with van der Waals surface area (Å²) in [5.74, 6) is -1.21. The molecule has 2 aromatic carbocycles. The molecule has 0 aliphatic rings. The van der Waals surface area contributed by atoms with Crippen molar-refractivity contribution < 1.29 is 18.7 Å². The molecule has 0 radical (unpaired) electrons. The fourth-order valence-electron chi connectivity index (χ4n) is 2.17. The predicted octanol–water partition coefficient (Wildman–Crippen LogP) is 3.98. The van der Waals surface area contributed by atoms with Gasteiger partial charge in [-0.3, -0.25) is 4.79 Å². The summed E-state index contributed by atoms with van der Waals surface area (Å²) in [6.45, 7) is -0.311. The van der Waals surface area contributed by atoms with E-state index in [4.69, 9.17) is 33.7 Å². The molecule has 0 fully saturated rings. The predicted molar refractivity (Wildman–Crippen MR) is 92.7 cm³/mol. The first-order valence-corrected chi connectivity index (χ1v) is 8.02. The van der Waals surface area contributed by atoms with Crippen molar-refractivity contribution in [1.82, 2.24) is 5.32 Å². The third kappa shape index (κ3) is 5.62. The number of hydrogen-bond donors (Lipinski definition) is 2. The summed E-state index contributed by atoms with van der Waals surface area (Å²) in [7, 11) is 0. The quantitative estimate of drug-likeness (QED) is 0.739. The number of nitrogens with one attached hydrogen (secondary N) is 1. The van der Waals surface area contributed by atoms with Crippen molar-refractivity contribution >= 4 is 35.2 Å². The maximum absolute atomic E-state index is 13.7. The number of urea groups is 1. The number of rotatable bonds is 6. The first kappa shape index (κ1) is 19.0. The molecule has 3 N–H and O–H groups in total. The molecule has 2 rings (SSSR count). The number of esters is 1. The number of carbonyl (C=O) groups excluding carboxylic acids is 2. The fourth-order valence-corrected chi connectivity index (χ4v) is 2.51. The highest BCUT2D eigenvalue weighted by molar-refractivity contribution is 6.31. The van der Waals surface area contributed by atoms with Gasteiger partial charge in [-0.15, -0.1) is 0 Å². The minimum Gasteiger partial charge on any atom is -0.461 e. The monoisotopic (exact) mass is 384 g/mol. The summed E-state index contributed by atoms with van der Waals surface area (Å²) < 4.78 is 18.7. The molecule has 1 atom stereocenters. The van der Waals surface area contributed by atoms with Crippen molar-refractivity contribution in [2.75, 3.05) is 0 Å². The van der Waals surface area contributed by atoms with Gasteiger partial charge in [0.05, 0.1) is 17.5 Å². The van der Waals surface area contributed by atoms with Crippen LogP contribution in [0.15, 0.2) is 42.5 Å². The van der Waals surface area contributed by atoms with Gasteiger partial charge < -0.3 is 15.8 Å². The Kier molecular flexibility index (Phi) is 6.61. The maximum Gasteiger partial charge on any atom is 0.312 e. The maximum atomic E-state index is 13.7. The van der Waals surface area contributed by atoms with E-state index in [2.05, 4.69) is 5.32 Å². The summed E-state index contributed by atoms with van der Waals surface area (Å²) >= 11 is 11.7. The average Bonchev–Trinajstić information content (AvgIpc) is 2.54. The molecule has 0 spiro atoms. The van der Waals surface area contributed by atoms with Crippen LogP contribution in [0.2, 0.25) is 10.0 Å². The first-order chi connectivity index (χ1) is 11.9. The lowest BCUT2D eigenvalue weighted by molar-refractivity contribution is -0.145. The van der Waals surface area contributed by atoms with Gasteiger partial charge in [0.1, 0.15) is 12.4 Å². The summed E-state index contributed by atoms with van der Waals surface area (Å²) in [6, 6.07) is 9.25. The molecule has 2 aromatic rings. The Balaban J connectivity index is 2.04. The Labute approximate surface area is 153 Å². The summed E-state index contributed by atoms with van der Waals surface area (Å²) in [5, 5.41) is 3.14. The zero-order valence-electron chi connectivity index (χ0n) is 13.0. The third-order valence-corrected chi connectivity index (χ3v) is 4.00. The van der Waals surface area contributed by atoms with Crippen molar-refractivity contribution in [3.05, 3.63) is 69.5 Å². The van der Waals surface area contributed by atoms with Crippen LogP contribution in [0.4, 0.5) is 9.18 Å². The van der Waals surface area contributed by atoms with Crippen LogP contribution in [-0.4, -0.2) is 12.0 Å². The fraction of sp³-hybridized carbons (Fsp3) is 0.176. The Morgan fingerprint density at radius 1 is 1.16 bits per heavy atom. The molecule has 0 unspecified atom stereocenters. The Hall–Kier alpha value is -2.31. The number of nitrogens with two attached hydrogens (primary N) is 1. The van der Waals surface area contributed by atoms with E-state index in [1.165, 1.54) is 18.2 Å². The highest BCUT2D eigenvalue weighted by Crippen LogP contribution is 2.22. The van der Waals surface area contributed by atoms with Crippen LogP contribution in [0.5, 0.6) is 0 Å². The van der Waals surface area contributed by atoms with E-state index in [9.17, 15) is 14.0 Å². The molecular weight excluding hydrogens is 370 g/mol. The van der Waals surface area contributed by atoms with Gasteiger partial charge in [-0.1, -0.05) is 41.4 Å². The van der Waals surface area contributed by atoms with E-state index in [-0.39, 0.29) is 23.6 Å². The molecule has 25 heavy (non-hydrogen) atoms. The SMILES string of the molecule is NC(=O)N[C@@H](CC(=O)OCc1c(F)cccc1Cl)c1ccc(Cl)cc1. The molecule has 0 heterocycles. The second kappa shape index (κ2) is 8.69. The van der Waals surface area contributed by atoms with E-state index < -0.39 is 23.9 Å². The van der Waals surface area contributed by atoms with Crippen molar-refractivity contribution in [2.45, 2.75) is 19.1 Å². The van der Waals surface area contributed by atoms with Gasteiger partial charge >= 0.3 is 12.0 Å². The van der Waals surface area contributed by atoms with E-state index >= 15 is 0 Å². The van der Waals surface area contributed by atoms with Crippen molar-refractivity contribution in [3.8, 4) is 0 Å². The molecule has 0 saturated heterocycles. The van der Waals surface area contributed by atoms with Crippen LogP contribution in [-0.2, 0) is 16.1 Å². The molecule has 5 nitrogen and oxygen atoms in total. The Morgan fingerprint density at radius 3 is 2.44 bits per heavy atom. The number of hydrogen-bond acceptors (Lipinski definition) is 3. The number of halogens is 3. The normalized spacial score (nSPS) is 11.6. The van der Waals surface area contributed by atoms with Crippen LogP contribution in [0.1, 0.15) is 23.6 Å². The minimum absolute atomic E-state index is 0.0865. The lowest BCUT2D eigenvalue weighted by Crippen LogP contribution is -2.34. The van der Waals surface area contributed by atoms with Gasteiger partial charge in [0.25, 0.3) is 0 Å². The molecule has 0 bridgehead atoms. The molecular formula is C17H15Cl2FN2O3. The molecule has 2 amide bonds. The largest absolute Gasteiger partial charge is 0.461 e. The smallest absolute Gasteiger partial charge is 0.312 e. The molecule has 132 valence electrons. The van der Waals surface area contributed by atoms with Gasteiger partial charge in [0.15, 0.2) is 0 Å². The third-order valence-electron chi connectivity index (χ3n) is 3.40. The number of amides is 2. The molecule has 0 aliphatic heterocycles. The van der Waals surface area contributed by atoms with E-state index in [0.717, 1.165) is 0 Å². The lowest BCUT2D eigenvalue weighted by Gasteiger charge is -2.17. The van der Waals surface area contributed by atoms with Gasteiger partial charge in [-0.05, 0) is 29.8 Å². The number of benzene rings is 2. The molecule has 8 heteroatoms. The van der Waals surface area contributed by atoms with Crippen LogP contribution in [0.3, 0.4) is 0 Å². The Morgan fingerprint density at radius 2 is 1.84 bits per heavy atom. The van der Waals surface area contributed by atoms with E-state index in [1.807, 2.05) is 0 Å². The van der Waals surface area contributed by atoms with E-state index in [1.54, 1.807) is 24.3 Å². The number of ether oxygens (including phenoxy) is 1. The van der Waals surface area contributed by atoms with Crippen LogP contribution in [0.25, 0.3) is 0 Å². The lowest BCUT2D eigenvalue weighted by atomic mass is 10.0. The summed E-state index contributed by atoms with van der Waals surface area (Å²) in [5.41, 5.74) is 5.86. The molecule has 0 saturated carbocycles. The molecule has 0 aromatic heterocycles. The highest BCUT2D eigenvalue weighted by Gasteiger charge is 2.19. The second-order valence-electron chi connectivity index (χ2n) is 5.18. The standard InChI is InChI=1S/C17H15Cl2FN2O3/c18-11-6-4-10(5-7-11)15(22-17(21)24)8-16(23)25-9-12-13(19)2-1-3-14(12)20/h1-7,15H,8-9H2,(H3,21,22,24)/t15-/m0/s1. The molecule has 0 aliphatic carbocycles. The van der Waals surface area contributed by atoms with Crippen LogP contribution < -0.4 is 11.1 Å². The van der Waals surface area contributed by atoms with Gasteiger partial charge in [-0.2, -0.15) is 0 Å². The summed E-state index contributed by atoms with van der Waals surface area (Å²) in [4.78, 5) is 23.2.